The monoisotopic (exact) mass is 325 g/mol. The van der Waals surface area contributed by atoms with E-state index in [0.29, 0.717) is 18.0 Å². The van der Waals surface area contributed by atoms with Gasteiger partial charge in [0, 0.05) is 13.6 Å². The van der Waals surface area contributed by atoms with Crippen molar-refractivity contribution < 1.29 is 14.3 Å². The number of hydrogen-bond donors (Lipinski definition) is 0. The largest absolute Gasteiger partial charge is 0.493 e. The van der Waals surface area contributed by atoms with Crippen LogP contribution in [0.2, 0.25) is 0 Å². The third-order valence-electron chi connectivity index (χ3n) is 3.65. The van der Waals surface area contributed by atoms with E-state index in [2.05, 4.69) is 6.58 Å². The molecule has 0 saturated carbocycles. The molecular formula is C20H23NO3. The van der Waals surface area contributed by atoms with Crippen LogP contribution in [0, 0.1) is 0 Å². The van der Waals surface area contributed by atoms with E-state index in [4.69, 9.17) is 9.47 Å². The first-order valence-corrected chi connectivity index (χ1v) is 7.82. The van der Waals surface area contributed by atoms with Crippen LogP contribution < -0.4 is 9.47 Å². The summed E-state index contributed by atoms with van der Waals surface area (Å²) in [6.45, 7) is 4.25. The molecule has 24 heavy (non-hydrogen) atoms. The fourth-order valence-electron chi connectivity index (χ4n) is 2.32. The van der Waals surface area contributed by atoms with Crippen molar-refractivity contribution in [1.82, 2.24) is 4.90 Å². The van der Waals surface area contributed by atoms with Crippen molar-refractivity contribution >= 4 is 5.91 Å². The lowest BCUT2D eigenvalue weighted by molar-refractivity contribution is -0.132. The van der Waals surface area contributed by atoms with Gasteiger partial charge in [0.05, 0.1) is 7.11 Å². The van der Waals surface area contributed by atoms with Gasteiger partial charge in [0.25, 0.3) is 5.91 Å². The Hall–Kier alpha value is -2.75. The first-order chi connectivity index (χ1) is 11.6. The van der Waals surface area contributed by atoms with Gasteiger partial charge < -0.3 is 14.4 Å². The number of allylic oxidation sites excluding steroid dienone is 1. The summed E-state index contributed by atoms with van der Waals surface area (Å²) >= 11 is 0. The van der Waals surface area contributed by atoms with E-state index in [9.17, 15) is 4.79 Å². The molecule has 0 atom stereocenters. The predicted octanol–water partition coefficient (Wildman–Crippen LogP) is 3.46. The summed E-state index contributed by atoms with van der Waals surface area (Å²) in [5.74, 6) is 1.09. The van der Waals surface area contributed by atoms with Gasteiger partial charge >= 0.3 is 0 Å². The van der Waals surface area contributed by atoms with Gasteiger partial charge in [-0.25, -0.2) is 0 Å². The third kappa shape index (κ3) is 4.88. The number of carbonyl (C=O) groups is 1. The number of ether oxygens (including phenoxy) is 2. The van der Waals surface area contributed by atoms with Crippen LogP contribution in [0.15, 0.2) is 61.2 Å². The Morgan fingerprint density at radius 2 is 1.88 bits per heavy atom. The van der Waals surface area contributed by atoms with Crippen LogP contribution in [0.25, 0.3) is 0 Å². The molecule has 0 unspecified atom stereocenters. The molecule has 4 nitrogen and oxygen atoms in total. The predicted molar refractivity (Wildman–Crippen MR) is 95.3 cm³/mol. The number of nitrogens with zero attached hydrogens (tertiary/aromatic N) is 1. The quantitative estimate of drug-likeness (QED) is 0.698. The minimum Gasteiger partial charge on any atom is -0.493 e. The Labute approximate surface area is 143 Å². The maximum atomic E-state index is 12.2. The van der Waals surface area contributed by atoms with Gasteiger partial charge in [-0.05, 0) is 29.7 Å². The van der Waals surface area contributed by atoms with E-state index < -0.39 is 0 Å². The molecular weight excluding hydrogens is 302 g/mol. The van der Waals surface area contributed by atoms with Crippen molar-refractivity contribution in [3.63, 3.8) is 0 Å². The second-order valence-electron chi connectivity index (χ2n) is 5.50. The summed E-state index contributed by atoms with van der Waals surface area (Å²) in [4.78, 5) is 13.9. The summed E-state index contributed by atoms with van der Waals surface area (Å²) < 4.78 is 11.0. The highest BCUT2D eigenvalue weighted by Gasteiger charge is 2.12. The number of methoxy groups -OCH3 is 1. The number of benzene rings is 2. The molecule has 0 N–H and O–H groups in total. The van der Waals surface area contributed by atoms with Crippen molar-refractivity contribution in [3.05, 3.63) is 72.3 Å². The van der Waals surface area contributed by atoms with E-state index >= 15 is 0 Å². The van der Waals surface area contributed by atoms with E-state index in [1.807, 2.05) is 54.6 Å². The Kier molecular flexibility index (Phi) is 6.43. The second kappa shape index (κ2) is 8.77. The van der Waals surface area contributed by atoms with Crippen LogP contribution >= 0.6 is 0 Å². The molecule has 0 aliphatic rings. The SMILES string of the molecule is C=CCc1ccc(OCC(=O)N(C)Cc2ccccc2)c(OC)c1. The summed E-state index contributed by atoms with van der Waals surface area (Å²) in [5, 5.41) is 0. The summed E-state index contributed by atoms with van der Waals surface area (Å²) in [6, 6.07) is 15.5. The topological polar surface area (TPSA) is 38.8 Å². The van der Waals surface area contributed by atoms with E-state index in [1.54, 1.807) is 19.1 Å². The van der Waals surface area contributed by atoms with Gasteiger partial charge in [-0.1, -0.05) is 42.5 Å². The lowest BCUT2D eigenvalue weighted by Crippen LogP contribution is -2.31. The molecule has 2 aromatic carbocycles. The molecule has 2 aromatic rings. The van der Waals surface area contributed by atoms with Crippen LogP contribution in [0.3, 0.4) is 0 Å². The first-order valence-electron chi connectivity index (χ1n) is 7.82. The fraction of sp³-hybridized carbons (Fsp3) is 0.250. The van der Waals surface area contributed by atoms with Crippen molar-refractivity contribution in [2.75, 3.05) is 20.8 Å². The molecule has 0 aliphatic heterocycles. The van der Waals surface area contributed by atoms with Crippen LogP contribution in [-0.2, 0) is 17.8 Å². The minimum atomic E-state index is -0.0870. The highest BCUT2D eigenvalue weighted by Crippen LogP contribution is 2.28. The molecule has 0 spiro atoms. The Balaban J connectivity index is 1.94. The van der Waals surface area contributed by atoms with Crippen molar-refractivity contribution in [1.29, 1.82) is 0 Å². The molecule has 0 bridgehead atoms. The average Bonchev–Trinajstić information content (AvgIpc) is 2.61. The first kappa shape index (κ1) is 17.6. The molecule has 2 rings (SSSR count). The molecule has 0 radical (unpaired) electrons. The molecule has 4 heteroatoms. The number of carbonyl (C=O) groups excluding carboxylic acids is 1. The van der Waals surface area contributed by atoms with Crippen LogP contribution in [0.5, 0.6) is 11.5 Å². The molecule has 1 amide bonds. The highest BCUT2D eigenvalue weighted by molar-refractivity contribution is 5.77. The average molecular weight is 325 g/mol. The standard InChI is InChI=1S/C20H23NO3/c1-4-8-16-11-12-18(19(13-16)23-3)24-15-20(22)21(2)14-17-9-6-5-7-10-17/h4-7,9-13H,1,8,14-15H2,2-3H3. The summed E-state index contributed by atoms with van der Waals surface area (Å²) in [6.07, 6.45) is 2.59. The van der Waals surface area contributed by atoms with Crippen LogP contribution in [0.1, 0.15) is 11.1 Å². The molecule has 0 aliphatic carbocycles. The lowest BCUT2D eigenvalue weighted by atomic mass is 10.1. The van der Waals surface area contributed by atoms with Crippen molar-refractivity contribution in [2.24, 2.45) is 0 Å². The van der Waals surface area contributed by atoms with Gasteiger partial charge in [-0.3, -0.25) is 4.79 Å². The van der Waals surface area contributed by atoms with Crippen molar-refractivity contribution in [2.45, 2.75) is 13.0 Å². The zero-order chi connectivity index (χ0) is 17.4. The van der Waals surface area contributed by atoms with Gasteiger partial charge in [-0.15, -0.1) is 6.58 Å². The number of likely N-dealkylation sites (N-methyl/N-ethyl adjacent to an activating group) is 1. The normalized spacial score (nSPS) is 10.1. The van der Waals surface area contributed by atoms with Gasteiger partial charge in [-0.2, -0.15) is 0 Å². The maximum absolute atomic E-state index is 12.2. The number of amides is 1. The van der Waals surface area contributed by atoms with E-state index in [-0.39, 0.29) is 12.5 Å². The maximum Gasteiger partial charge on any atom is 0.260 e. The molecule has 0 aromatic heterocycles. The smallest absolute Gasteiger partial charge is 0.260 e. The zero-order valence-corrected chi connectivity index (χ0v) is 14.2. The Morgan fingerprint density at radius 3 is 2.54 bits per heavy atom. The number of hydrogen-bond acceptors (Lipinski definition) is 3. The summed E-state index contributed by atoms with van der Waals surface area (Å²) in [5.41, 5.74) is 2.17. The van der Waals surface area contributed by atoms with Crippen LogP contribution in [0.4, 0.5) is 0 Å². The molecule has 0 heterocycles. The van der Waals surface area contributed by atoms with Gasteiger partial charge in [0.15, 0.2) is 18.1 Å². The summed E-state index contributed by atoms with van der Waals surface area (Å²) in [7, 11) is 3.35. The molecule has 126 valence electrons. The fourth-order valence-corrected chi connectivity index (χ4v) is 2.32. The van der Waals surface area contributed by atoms with Gasteiger partial charge in [0.2, 0.25) is 0 Å². The molecule has 0 fully saturated rings. The van der Waals surface area contributed by atoms with Gasteiger partial charge in [0.1, 0.15) is 0 Å². The number of rotatable bonds is 8. The van der Waals surface area contributed by atoms with Crippen LogP contribution in [-0.4, -0.2) is 31.6 Å². The molecule has 0 saturated heterocycles. The zero-order valence-electron chi connectivity index (χ0n) is 14.2. The lowest BCUT2D eigenvalue weighted by Gasteiger charge is -2.18. The second-order valence-corrected chi connectivity index (χ2v) is 5.50. The van der Waals surface area contributed by atoms with Crippen molar-refractivity contribution in [3.8, 4) is 11.5 Å². The Morgan fingerprint density at radius 1 is 1.12 bits per heavy atom. The Bertz CT molecular complexity index is 683. The highest BCUT2D eigenvalue weighted by atomic mass is 16.5. The third-order valence-corrected chi connectivity index (χ3v) is 3.65. The minimum absolute atomic E-state index is 0.0273. The van der Waals surface area contributed by atoms with E-state index in [0.717, 1.165) is 17.5 Å². The van der Waals surface area contributed by atoms with E-state index in [1.165, 1.54) is 0 Å².